The molecule has 3 N–H and O–H groups in total. The molecule has 162 valence electrons. The maximum Gasteiger partial charge on any atom is 0.339 e. The molecule has 0 fully saturated rings. The standard InChI is InChI=1S/C23H25N3O4S/c1-2-3-16-24-18-12-14-22(15-13-18)31(28,29)30-21-11-7-10-20(17-21)26-23(27)25-19-8-5-4-6-9-19/h4-15,17,24H,2-3,16H2,1H3,(H2,25,26,27). The van der Waals surface area contributed by atoms with Gasteiger partial charge in [0.2, 0.25) is 0 Å². The minimum absolute atomic E-state index is 0.0497. The summed E-state index contributed by atoms with van der Waals surface area (Å²) in [6.07, 6.45) is 2.12. The molecule has 0 aliphatic carbocycles. The van der Waals surface area contributed by atoms with Gasteiger partial charge < -0.3 is 20.1 Å². The highest BCUT2D eigenvalue weighted by Crippen LogP contribution is 2.23. The number of unbranched alkanes of at least 4 members (excludes halogenated alkanes) is 1. The number of carbonyl (C=O) groups is 1. The van der Waals surface area contributed by atoms with E-state index < -0.39 is 16.1 Å². The van der Waals surface area contributed by atoms with Gasteiger partial charge in [-0.15, -0.1) is 0 Å². The number of nitrogens with one attached hydrogen (secondary N) is 3. The highest BCUT2D eigenvalue weighted by atomic mass is 32.2. The largest absolute Gasteiger partial charge is 0.385 e. The zero-order valence-electron chi connectivity index (χ0n) is 17.2. The van der Waals surface area contributed by atoms with Gasteiger partial charge in [-0.05, 0) is 55.0 Å². The summed E-state index contributed by atoms with van der Waals surface area (Å²) in [6, 6.07) is 21.1. The maximum atomic E-state index is 12.6. The zero-order chi connectivity index (χ0) is 22.1. The average Bonchev–Trinajstić information content (AvgIpc) is 2.75. The Hall–Kier alpha value is -3.52. The van der Waals surface area contributed by atoms with Crippen molar-refractivity contribution in [1.82, 2.24) is 0 Å². The fourth-order valence-electron chi connectivity index (χ4n) is 2.76. The normalized spacial score (nSPS) is 10.9. The smallest absolute Gasteiger partial charge is 0.339 e. The van der Waals surface area contributed by atoms with Gasteiger partial charge in [0.15, 0.2) is 0 Å². The molecule has 0 atom stereocenters. The molecule has 0 unspecified atom stereocenters. The van der Waals surface area contributed by atoms with Crippen LogP contribution >= 0.6 is 0 Å². The Balaban J connectivity index is 1.63. The molecule has 8 heteroatoms. The Morgan fingerprint density at radius 2 is 1.52 bits per heavy atom. The Labute approximate surface area is 182 Å². The molecule has 0 heterocycles. The van der Waals surface area contributed by atoms with Gasteiger partial charge in [0.25, 0.3) is 0 Å². The molecule has 0 spiro atoms. The second-order valence-corrected chi connectivity index (χ2v) is 8.36. The third-order valence-electron chi connectivity index (χ3n) is 4.33. The molecule has 2 amide bonds. The first-order valence-electron chi connectivity index (χ1n) is 9.98. The van der Waals surface area contributed by atoms with Gasteiger partial charge in [0.1, 0.15) is 10.6 Å². The molecule has 3 aromatic rings. The van der Waals surface area contributed by atoms with Crippen molar-refractivity contribution >= 4 is 33.2 Å². The Bertz CT molecular complexity index is 1100. The number of hydrogen-bond donors (Lipinski definition) is 3. The summed E-state index contributed by atoms with van der Waals surface area (Å²) in [5.74, 6) is 0.0997. The van der Waals surface area contributed by atoms with Crippen LogP contribution in [0.3, 0.4) is 0 Å². The maximum absolute atomic E-state index is 12.6. The molecule has 0 saturated heterocycles. The summed E-state index contributed by atoms with van der Waals surface area (Å²) in [7, 11) is -4.01. The van der Waals surface area contributed by atoms with E-state index in [4.69, 9.17) is 4.18 Å². The van der Waals surface area contributed by atoms with Gasteiger partial charge in [-0.25, -0.2) is 4.79 Å². The first-order valence-corrected chi connectivity index (χ1v) is 11.4. The van der Waals surface area contributed by atoms with E-state index in [-0.39, 0.29) is 10.6 Å². The molecule has 3 aromatic carbocycles. The van der Waals surface area contributed by atoms with E-state index in [1.165, 1.54) is 24.3 Å². The second-order valence-electron chi connectivity index (χ2n) is 6.82. The van der Waals surface area contributed by atoms with E-state index in [2.05, 4.69) is 22.9 Å². The lowest BCUT2D eigenvalue weighted by Gasteiger charge is -2.11. The van der Waals surface area contributed by atoms with Gasteiger partial charge in [-0.1, -0.05) is 37.6 Å². The fourth-order valence-corrected chi connectivity index (χ4v) is 3.69. The Morgan fingerprint density at radius 1 is 0.839 bits per heavy atom. The molecule has 0 aliphatic rings. The van der Waals surface area contributed by atoms with Crippen LogP contribution in [-0.4, -0.2) is 21.0 Å². The summed E-state index contributed by atoms with van der Waals surface area (Å²) in [5, 5.41) is 8.58. The van der Waals surface area contributed by atoms with Crippen molar-refractivity contribution in [3.63, 3.8) is 0 Å². The van der Waals surface area contributed by atoms with Crippen LogP contribution in [0.1, 0.15) is 19.8 Å². The van der Waals surface area contributed by atoms with Crippen LogP contribution in [0.2, 0.25) is 0 Å². The number of para-hydroxylation sites is 1. The molecule has 31 heavy (non-hydrogen) atoms. The monoisotopic (exact) mass is 439 g/mol. The molecule has 0 radical (unpaired) electrons. The fraction of sp³-hybridized carbons (Fsp3) is 0.174. The summed E-state index contributed by atoms with van der Waals surface area (Å²) >= 11 is 0. The highest BCUT2D eigenvalue weighted by Gasteiger charge is 2.17. The van der Waals surface area contributed by atoms with Crippen molar-refractivity contribution in [3.8, 4) is 5.75 Å². The molecule has 7 nitrogen and oxygen atoms in total. The van der Waals surface area contributed by atoms with Gasteiger partial charge in [-0.2, -0.15) is 8.42 Å². The number of urea groups is 1. The summed E-state index contributed by atoms with van der Waals surface area (Å²) in [5.41, 5.74) is 1.89. The lowest BCUT2D eigenvalue weighted by Crippen LogP contribution is -2.19. The van der Waals surface area contributed by atoms with Crippen molar-refractivity contribution < 1.29 is 17.4 Å². The Kier molecular flexibility index (Phi) is 7.50. The third kappa shape index (κ3) is 6.75. The molecular weight excluding hydrogens is 414 g/mol. The van der Waals surface area contributed by atoms with Gasteiger partial charge in [0, 0.05) is 29.7 Å². The highest BCUT2D eigenvalue weighted by molar-refractivity contribution is 7.87. The Morgan fingerprint density at radius 3 is 2.23 bits per heavy atom. The number of amides is 2. The number of anilines is 3. The van der Waals surface area contributed by atoms with Crippen LogP contribution in [0.4, 0.5) is 21.9 Å². The minimum Gasteiger partial charge on any atom is -0.385 e. The number of hydrogen-bond acceptors (Lipinski definition) is 5. The van der Waals surface area contributed by atoms with Crippen LogP contribution in [0, 0.1) is 0 Å². The molecule has 0 aliphatic heterocycles. The number of carbonyl (C=O) groups excluding carboxylic acids is 1. The molecule has 0 aromatic heterocycles. The predicted molar refractivity (Wildman–Crippen MR) is 123 cm³/mol. The van der Waals surface area contributed by atoms with Gasteiger partial charge >= 0.3 is 16.1 Å². The van der Waals surface area contributed by atoms with Crippen molar-refractivity contribution in [2.24, 2.45) is 0 Å². The first kappa shape index (κ1) is 22.2. The molecule has 0 bridgehead atoms. The van der Waals surface area contributed by atoms with Crippen molar-refractivity contribution in [1.29, 1.82) is 0 Å². The number of benzene rings is 3. The van der Waals surface area contributed by atoms with E-state index >= 15 is 0 Å². The van der Waals surface area contributed by atoms with Crippen molar-refractivity contribution in [3.05, 3.63) is 78.9 Å². The zero-order valence-corrected chi connectivity index (χ0v) is 18.0. The van der Waals surface area contributed by atoms with Gasteiger partial charge in [-0.3, -0.25) is 0 Å². The van der Waals surface area contributed by atoms with E-state index in [1.54, 1.807) is 36.4 Å². The van der Waals surface area contributed by atoms with Crippen LogP contribution in [-0.2, 0) is 10.1 Å². The van der Waals surface area contributed by atoms with E-state index in [9.17, 15) is 13.2 Å². The molecular formula is C23H25N3O4S. The predicted octanol–water partition coefficient (Wildman–Crippen LogP) is 5.31. The summed E-state index contributed by atoms with van der Waals surface area (Å²) in [4.78, 5) is 12.2. The topological polar surface area (TPSA) is 96.5 Å². The van der Waals surface area contributed by atoms with Crippen LogP contribution in [0.15, 0.2) is 83.8 Å². The average molecular weight is 440 g/mol. The van der Waals surface area contributed by atoms with E-state index in [0.717, 1.165) is 25.1 Å². The van der Waals surface area contributed by atoms with Crippen molar-refractivity contribution in [2.45, 2.75) is 24.7 Å². The molecule has 3 rings (SSSR count). The van der Waals surface area contributed by atoms with Gasteiger partial charge in [0.05, 0.1) is 0 Å². The van der Waals surface area contributed by atoms with E-state index in [1.807, 2.05) is 18.2 Å². The van der Waals surface area contributed by atoms with E-state index in [0.29, 0.717) is 11.4 Å². The lowest BCUT2D eigenvalue weighted by atomic mass is 10.3. The van der Waals surface area contributed by atoms with Crippen LogP contribution < -0.4 is 20.1 Å². The second kappa shape index (κ2) is 10.5. The SMILES string of the molecule is CCCCNc1ccc(S(=O)(=O)Oc2cccc(NC(=O)Nc3ccccc3)c2)cc1. The minimum atomic E-state index is -4.01. The number of rotatable bonds is 9. The molecule has 0 saturated carbocycles. The summed E-state index contributed by atoms with van der Waals surface area (Å²) in [6.45, 7) is 2.94. The van der Waals surface area contributed by atoms with Crippen LogP contribution in [0.5, 0.6) is 5.75 Å². The lowest BCUT2D eigenvalue weighted by molar-refractivity contribution is 0.262. The van der Waals surface area contributed by atoms with Crippen molar-refractivity contribution in [2.75, 3.05) is 22.5 Å². The van der Waals surface area contributed by atoms with Crippen LogP contribution in [0.25, 0.3) is 0 Å². The quantitative estimate of drug-likeness (QED) is 0.310. The third-order valence-corrected chi connectivity index (χ3v) is 5.59. The first-order chi connectivity index (χ1) is 15.0. The summed E-state index contributed by atoms with van der Waals surface area (Å²) < 4.78 is 30.5.